The van der Waals surface area contributed by atoms with Crippen molar-refractivity contribution in [2.24, 2.45) is 0 Å². The second-order valence-corrected chi connectivity index (χ2v) is 4.44. The summed E-state index contributed by atoms with van der Waals surface area (Å²) in [6.07, 6.45) is 1.67. The summed E-state index contributed by atoms with van der Waals surface area (Å²) >= 11 is 0. The molecule has 106 valence electrons. The van der Waals surface area contributed by atoms with Crippen LogP contribution in [0.1, 0.15) is 21.7 Å². The zero-order valence-electron chi connectivity index (χ0n) is 11.3. The third-order valence-electron chi connectivity index (χ3n) is 2.97. The Hall–Kier alpha value is -2.27. The fourth-order valence-corrected chi connectivity index (χ4v) is 1.78. The number of rotatable bonds is 6. The standard InChI is InChI=1S/C15H18N2O3/c1-11-6-9-20-14(11)10-17-13-4-2-12(3-5-13)15(19)16-7-8-18/h2-6,9,17-18H,7-8,10H2,1H3,(H,16,19). The normalized spacial score (nSPS) is 10.3. The van der Waals surface area contributed by atoms with Gasteiger partial charge < -0.3 is 20.2 Å². The zero-order valence-corrected chi connectivity index (χ0v) is 11.3. The Morgan fingerprint density at radius 1 is 1.25 bits per heavy atom. The lowest BCUT2D eigenvalue weighted by Crippen LogP contribution is -2.26. The first-order valence-corrected chi connectivity index (χ1v) is 6.46. The number of hydrogen-bond donors (Lipinski definition) is 3. The molecule has 3 N–H and O–H groups in total. The second kappa shape index (κ2) is 6.77. The van der Waals surface area contributed by atoms with Crippen molar-refractivity contribution >= 4 is 11.6 Å². The van der Waals surface area contributed by atoms with E-state index in [9.17, 15) is 4.79 Å². The third kappa shape index (κ3) is 3.61. The second-order valence-electron chi connectivity index (χ2n) is 4.44. The number of aliphatic hydroxyl groups is 1. The summed E-state index contributed by atoms with van der Waals surface area (Å²) < 4.78 is 5.34. The van der Waals surface area contributed by atoms with E-state index >= 15 is 0 Å². The molecule has 2 rings (SSSR count). The van der Waals surface area contributed by atoms with Crippen LogP contribution in [-0.4, -0.2) is 24.2 Å². The summed E-state index contributed by atoms with van der Waals surface area (Å²) in [6.45, 7) is 2.80. The van der Waals surface area contributed by atoms with Crippen molar-refractivity contribution in [1.29, 1.82) is 0 Å². The summed E-state index contributed by atoms with van der Waals surface area (Å²) in [5.41, 5.74) is 2.59. The van der Waals surface area contributed by atoms with Crippen molar-refractivity contribution in [3.63, 3.8) is 0 Å². The predicted octanol–water partition coefficient (Wildman–Crippen LogP) is 1.92. The fraction of sp³-hybridized carbons (Fsp3) is 0.267. The number of anilines is 1. The Kier molecular flexibility index (Phi) is 4.79. The molecule has 0 unspecified atom stereocenters. The Labute approximate surface area is 117 Å². The quantitative estimate of drug-likeness (QED) is 0.752. The Bertz CT molecular complexity index is 561. The number of hydrogen-bond acceptors (Lipinski definition) is 4. The lowest BCUT2D eigenvalue weighted by atomic mass is 10.2. The van der Waals surface area contributed by atoms with Gasteiger partial charge >= 0.3 is 0 Å². The van der Waals surface area contributed by atoms with Crippen molar-refractivity contribution in [2.75, 3.05) is 18.5 Å². The first-order valence-electron chi connectivity index (χ1n) is 6.46. The van der Waals surface area contributed by atoms with Crippen molar-refractivity contribution in [3.05, 3.63) is 53.5 Å². The monoisotopic (exact) mass is 274 g/mol. The lowest BCUT2D eigenvalue weighted by Gasteiger charge is -2.07. The topological polar surface area (TPSA) is 74.5 Å². The van der Waals surface area contributed by atoms with E-state index < -0.39 is 0 Å². The minimum Gasteiger partial charge on any atom is -0.467 e. The number of nitrogens with one attached hydrogen (secondary N) is 2. The number of benzene rings is 1. The molecule has 0 bridgehead atoms. The van der Waals surface area contributed by atoms with Crippen LogP contribution < -0.4 is 10.6 Å². The molecule has 0 radical (unpaired) electrons. The van der Waals surface area contributed by atoms with E-state index in [2.05, 4.69) is 10.6 Å². The van der Waals surface area contributed by atoms with Crippen molar-refractivity contribution in [3.8, 4) is 0 Å². The molecule has 1 aromatic heterocycles. The highest BCUT2D eigenvalue weighted by molar-refractivity contribution is 5.94. The van der Waals surface area contributed by atoms with Gasteiger partial charge in [0.2, 0.25) is 0 Å². The molecule has 0 aliphatic heterocycles. The molecule has 1 heterocycles. The summed E-state index contributed by atoms with van der Waals surface area (Å²) in [6, 6.07) is 9.08. The van der Waals surface area contributed by atoms with Crippen LogP contribution in [0.2, 0.25) is 0 Å². The van der Waals surface area contributed by atoms with Crippen LogP contribution in [0.3, 0.4) is 0 Å². The Morgan fingerprint density at radius 2 is 2.00 bits per heavy atom. The molecular weight excluding hydrogens is 256 g/mol. The molecule has 1 amide bonds. The fourth-order valence-electron chi connectivity index (χ4n) is 1.78. The van der Waals surface area contributed by atoms with Crippen LogP contribution in [-0.2, 0) is 6.54 Å². The predicted molar refractivity (Wildman–Crippen MR) is 76.6 cm³/mol. The summed E-state index contributed by atoms with van der Waals surface area (Å²) in [4.78, 5) is 11.6. The van der Waals surface area contributed by atoms with Gasteiger partial charge in [0, 0.05) is 17.8 Å². The highest BCUT2D eigenvalue weighted by atomic mass is 16.3. The average molecular weight is 274 g/mol. The number of furan rings is 1. The van der Waals surface area contributed by atoms with Crippen LogP contribution in [0.25, 0.3) is 0 Å². The van der Waals surface area contributed by atoms with Gasteiger partial charge in [-0.25, -0.2) is 0 Å². The van der Waals surface area contributed by atoms with Gasteiger partial charge in [0.05, 0.1) is 19.4 Å². The number of carbonyl (C=O) groups excluding carboxylic acids is 1. The number of aryl methyl sites for hydroxylation is 1. The van der Waals surface area contributed by atoms with Gasteiger partial charge in [0.25, 0.3) is 5.91 Å². The van der Waals surface area contributed by atoms with Gasteiger partial charge in [-0.05, 0) is 42.8 Å². The number of carbonyl (C=O) groups is 1. The molecular formula is C15H18N2O3. The highest BCUT2D eigenvalue weighted by Gasteiger charge is 2.05. The van der Waals surface area contributed by atoms with Crippen molar-refractivity contribution in [1.82, 2.24) is 5.32 Å². The first-order chi connectivity index (χ1) is 9.70. The van der Waals surface area contributed by atoms with E-state index in [1.54, 1.807) is 18.4 Å². The molecule has 0 atom stereocenters. The molecule has 20 heavy (non-hydrogen) atoms. The van der Waals surface area contributed by atoms with Crippen LogP contribution in [0.5, 0.6) is 0 Å². The molecule has 0 saturated carbocycles. The highest BCUT2D eigenvalue weighted by Crippen LogP contribution is 2.14. The SMILES string of the molecule is Cc1ccoc1CNc1ccc(C(=O)NCCO)cc1. The van der Waals surface area contributed by atoms with Gasteiger partial charge in [0.15, 0.2) is 0 Å². The van der Waals surface area contributed by atoms with Crippen LogP contribution in [0.4, 0.5) is 5.69 Å². The Morgan fingerprint density at radius 3 is 2.60 bits per heavy atom. The summed E-state index contributed by atoms with van der Waals surface area (Å²) in [7, 11) is 0. The molecule has 0 aliphatic carbocycles. The average Bonchev–Trinajstić information content (AvgIpc) is 2.88. The molecule has 0 saturated heterocycles. The molecule has 0 spiro atoms. The smallest absolute Gasteiger partial charge is 0.251 e. The van der Waals surface area contributed by atoms with Gasteiger partial charge in [0.1, 0.15) is 5.76 Å². The maximum Gasteiger partial charge on any atom is 0.251 e. The van der Waals surface area contributed by atoms with Gasteiger partial charge in [-0.1, -0.05) is 0 Å². The number of aliphatic hydroxyl groups excluding tert-OH is 1. The Balaban J connectivity index is 1.91. The zero-order chi connectivity index (χ0) is 14.4. The van der Waals surface area contributed by atoms with E-state index in [1.165, 1.54) is 0 Å². The lowest BCUT2D eigenvalue weighted by molar-refractivity contribution is 0.0945. The largest absolute Gasteiger partial charge is 0.467 e. The van der Waals surface area contributed by atoms with E-state index in [4.69, 9.17) is 9.52 Å². The summed E-state index contributed by atoms with van der Waals surface area (Å²) in [5, 5.41) is 14.5. The molecule has 5 heteroatoms. The van der Waals surface area contributed by atoms with E-state index in [1.807, 2.05) is 25.1 Å². The molecule has 1 aromatic carbocycles. The molecule has 5 nitrogen and oxygen atoms in total. The maximum atomic E-state index is 11.6. The maximum absolute atomic E-state index is 11.6. The molecule has 0 aliphatic rings. The van der Waals surface area contributed by atoms with Gasteiger partial charge in [-0.3, -0.25) is 4.79 Å². The minimum absolute atomic E-state index is 0.0616. The third-order valence-corrected chi connectivity index (χ3v) is 2.97. The van der Waals surface area contributed by atoms with Gasteiger partial charge in [-0.15, -0.1) is 0 Å². The van der Waals surface area contributed by atoms with Crippen LogP contribution in [0.15, 0.2) is 41.0 Å². The molecule has 0 fully saturated rings. The van der Waals surface area contributed by atoms with Gasteiger partial charge in [-0.2, -0.15) is 0 Å². The van der Waals surface area contributed by atoms with E-state index in [-0.39, 0.29) is 19.1 Å². The van der Waals surface area contributed by atoms with E-state index in [0.717, 1.165) is 17.0 Å². The van der Waals surface area contributed by atoms with Crippen molar-refractivity contribution < 1.29 is 14.3 Å². The van der Waals surface area contributed by atoms with Crippen LogP contribution >= 0.6 is 0 Å². The van der Waals surface area contributed by atoms with E-state index in [0.29, 0.717) is 12.1 Å². The van der Waals surface area contributed by atoms with Crippen molar-refractivity contribution in [2.45, 2.75) is 13.5 Å². The minimum atomic E-state index is -0.188. The first kappa shape index (κ1) is 14.1. The van der Waals surface area contributed by atoms with Crippen LogP contribution in [0, 0.1) is 6.92 Å². The molecule has 2 aromatic rings. The number of amides is 1. The summed E-state index contributed by atoms with van der Waals surface area (Å²) in [5.74, 6) is 0.710.